The Morgan fingerprint density at radius 3 is 2.83 bits per heavy atom. The van der Waals surface area contributed by atoms with E-state index >= 15 is 0 Å². The second-order valence-electron chi connectivity index (χ2n) is 5.04. The molecule has 0 aromatic carbocycles. The first kappa shape index (κ1) is 14.9. The molecule has 2 atom stereocenters. The second-order valence-corrected chi connectivity index (χ2v) is 5.04. The van der Waals surface area contributed by atoms with Gasteiger partial charge in [-0.25, -0.2) is 0 Å². The highest BCUT2D eigenvalue weighted by Gasteiger charge is 2.23. The van der Waals surface area contributed by atoms with E-state index in [0.717, 1.165) is 32.8 Å². The Morgan fingerprint density at radius 1 is 1.44 bits per heavy atom. The van der Waals surface area contributed by atoms with Gasteiger partial charge in [-0.05, 0) is 20.5 Å². The molecular weight excluding hydrogens is 228 g/mol. The van der Waals surface area contributed by atoms with Crippen LogP contribution in [0.4, 0.5) is 0 Å². The van der Waals surface area contributed by atoms with Crippen LogP contribution in [0.1, 0.15) is 12.8 Å². The number of hydrogen-bond acceptors (Lipinski definition) is 5. The summed E-state index contributed by atoms with van der Waals surface area (Å²) in [5, 5.41) is 17.6. The quantitative estimate of drug-likeness (QED) is 0.694. The van der Waals surface area contributed by atoms with E-state index in [0.29, 0.717) is 12.8 Å². The topological polar surface area (TPSA) is 63.3 Å². The zero-order valence-electron chi connectivity index (χ0n) is 11.3. The highest BCUT2D eigenvalue weighted by molar-refractivity contribution is 4.89. The monoisotopic (exact) mass is 250 g/mol. The Morgan fingerprint density at radius 2 is 2.22 bits per heavy atom. The molecule has 1 fully saturated rings. The first-order valence-electron chi connectivity index (χ1n) is 6.41. The number of nitriles is 2. The summed E-state index contributed by atoms with van der Waals surface area (Å²) in [6, 6.07) is 4.40. The molecule has 0 radical (unpaired) electrons. The molecule has 18 heavy (non-hydrogen) atoms. The Balaban J connectivity index is 2.37. The predicted octanol–water partition coefficient (Wildman–Crippen LogP) is 0.692. The zero-order valence-corrected chi connectivity index (χ0v) is 11.3. The summed E-state index contributed by atoms with van der Waals surface area (Å²) in [5.74, 6) is -0.0391. The Bertz CT molecular complexity index is 318. The molecule has 100 valence electrons. The number of hydrogen-bond donors (Lipinski definition) is 0. The van der Waals surface area contributed by atoms with Crippen LogP contribution in [0.3, 0.4) is 0 Å². The molecule has 0 bridgehead atoms. The number of likely N-dealkylation sites (N-methyl/N-ethyl adjacent to an activating group) is 1. The highest BCUT2D eigenvalue weighted by atomic mass is 16.5. The molecular formula is C13H22N4O. The minimum absolute atomic E-state index is 0.0391. The maximum atomic E-state index is 9.07. The van der Waals surface area contributed by atoms with Gasteiger partial charge in [0.2, 0.25) is 0 Å². The van der Waals surface area contributed by atoms with Crippen LogP contribution in [0.15, 0.2) is 0 Å². The van der Waals surface area contributed by atoms with Crippen molar-refractivity contribution < 1.29 is 4.74 Å². The van der Waals surface area contributed by atoms with Crippen molar-refractivity contribution in [1.29, 1.82) is 10.5 Å². The van der Waals surface area contributed by atoms with Gasteiger partial charge in [-0.1, -0.05) is 0 Å². The minimum Gasteiger partial charge on any atom is -0.374 e. The molecule has 0 amide bonds. The van der Waals surface area contributed by atoms with Gasteiger partial charge < -0.3 is 9.64 Å². The van der Waals surface area contributed by atoms with Gasteiger partial charge in [0.1, 0.15) is 0 Å². The fraction of sp³-hybridized carbons (Fsp3) is 0.846. The van der Waals surface area contributed by atoms with Crippen LogP contribution in [0.5, 0.6) is 0 Å². The second kappa shape index (κ2) is 8.05. The summed E-state index contributed by atoms with van der Waals surface area (Å²) < 4.78 is 5.70. The maximum absolute atomic E-state index is 9.07. The molecule has 0 aromatic heterocycles. The number of nitrogens with zero attached hydrogens (tertiary/aromatic N) is 4. The van der Waals surface area contributed by atoms with Crippen LogP contribution in [0.2, 0.25) is 0 Å². The average Bonchev–Trinajstić information content (AvgIpc) is 2.34. The summed E-state index contributed by atoms with van der Waals surface area (Å²) in [6.07, 6.45) is 1.36. The van der Waals surface area contributed by atoms with Crippen molar-refractivity contribution in [3.8, 4) is 12.1 Å². The fourth-order valence-electron chi connectivity index (χ4n) is 2.21. The minimum atomic E-state index is -0.0391. The van der Waals surface area contributed by atoms with E-state index in [-0.39, 0.29) is 12.0 Å². The van der Waals surface area contributed by atoms with Crippen molar-refractivity contribution in [3.05, 3.63) is 0 Å². The van der Waals surface area contributed by atoms with Crippen molar-refractivity contribution >= 4 is 0 Å². The molecule has 1 aliphatic rings. The summed E-state index contributed by atoms with van der Waals surface area (Å²) in [4.78, 5) is 4.40. The van der Waals surface area contributed by atoms with Crippen molar-refractivity contribution in [2.75, 3.05) is 46.9 Å². The third kappa shape index (κ3) is 5.46. The van der Waals surface area contributed by atoms with Crippen molar-refractivity contribution in [1.82, 2.24) is 9.80 Å². The molecule has 0 aromatic rings. The number of rotatable bonds is 6. The SMILES string of the molecule is CN(C)C[C@H]1CN(C[C@@H](C#N)CCC#N)CCO1. The molecule has 1 aliphatic heterocycles. The molecule has 1 heterocycles. The molecule has 1 rings (SSSR count). The third-order valence-corrected chi connectivity index (χ3v) is 3.06. The van der Waals surface area contributed by atoms with Gasteiger partial charge in [0, 0.05) is 32.6 Å². The van der Waals surface area contributed by atoms with Gasteiger partial charge in [-0.3, -0.25) is 4.90 Å². The molecule has 0 spiro atoms. The van der Waals surface area contributed by atoms with Crippen LogP contribution in [-0.4, -0.2) is 62.8 Å². The van der Waals surface area contributed by atoms with Crippen LogP contribution in [0.25, 0.3) is 0 Å². The summed E-state index contributed by atoms with van der Waals surface area (Å²) in [6.45, 7) is 4.16. The van der Waals surface area contributed by atoms with E-state index in [1.54, 1.807) is 0 Å². The zero-order chi connectivity index (χ0) is 13.4. The van der Waals surface area contributed by atoms with Crippen molar-refractivity contribution in [2.24, 2.45) is 5.92 Å². The Hall–Kier alpha value is -1.14. The van der Waals surface area contributed by atoms with Gasteiger partial charge >= 0.3 is 0 Å². The van der Waals surface area contributed by atoms with Crippen LogP contribution in [-0.2, 0) is 4.74 Å². The largest absolute Gasteiger partial charge is 0.374 e. The van der Waals surface area contributed by atoms with Crippen molar-refractivity contribution in [3.63, 3.8) is 0 Å². The van der Waals surface area contributed by atoms with E-state index in [9.17, 15) is 0 Å². The average molecular weight is 250 g/mol. The predicted molar refractivity (Wildman–Crippen MR) is 68.7 cm³/mol. The molecule has 0 aliphatic carbocycles. The van der Waals surface area contributed by atoms with Gasteiger partial charge in [-0.15, -0.1) is 0 Å². The molecule has 0 saturated carbocycles. The van der Waals surface area contributed by atoms with Gasteiger partial charge in [0.25, 0.3) is 0 Å². The number of morpholine rings is 1. The summed E-state index contributed by atoms with van der Waals surface area (Å²) >= 11 is 0. The van der Waals surface area contributed by atoms with E-state index in [1.807, 2.05) is 14.1 Å². The first-order chi connectivity index (χ1) is 8.65. The molecule has 1 saturated heterocycles. The molecule has 5 nitrogen and oxygen atoms in total. The van der Waals surface area contributed by atoms with Crippen LogP contribution in [0, 0.1) is 28.6 Å². The highest BCUT2D eigenvalue weighted by Crippen LogP contribution is 2.12. The lowest BCUT2D eigenvalue weighted by molar-refractivity contribution is -0.0404. The normalized spacial score (nSPS) is 22.4. The van der Waals surface area contributed by atoms with E-state index in [1.165, 1.54) is 0 Å². The van der Waals surface area contributed by atoms with Gasteiger partial charge in [0.15, 0.2) is 0 Å². The standard InChI is InChI=1S/C13H22N4O/c1-16(2)10-13-11-17(6-7-18-13)9-12(8-15)4-3-5-14/h12-13H,3-4,6-7,9-11H2,1-2H3/t12-,13+/m1/s1. The fourth-order valence-corrected chi connectivity index (χ4v) is 2.21. The van der Waals surface area contributed by atoms with Crippen LogP contribution < -0.4 is 0 Å². The lowest BCUT2D eigenvalue weighted by Crippen LogP contribution is -2.47. The van der Waals surface area contributed by atoms with Gasteiger partial charge in [-0.2, -0.15) is 10.5 Å². The smallest absolute Gasteiger partial charge is 0.0829 e. The first-order valence-corrected chi connectivity index (χ1v) is 6.41. The Labute approximate surface area is 110 Å². The van der Waals surface area contributed by atoms with E-state index in [2.05, 4.69) is 21.9 Å². The van der Waals surface area contributed by atoms with Crippen molar-refractivity contribution in [2.45, 2.75) is 18.9 Å². The maximum Gasteiger partial charge on any atom is 0.0829 e. The van der Waals surface area contributed by atoms with E-state index < -0.39 is 0 Å². The third-order valence-electron chi connectivity index (χ3n) is 3.06. The summed E-state index contributed by atoms with van der Waals surface area (Å²) in [5.41, 5.74) is 0. The van der Waals surface area contributed by atoms with Crippen LogP contribution >= 0.6 is 0 Å². The molecule has 0 unspecified atom stereocenters. The molecule has 5 heteroatoms. The van der Waals surface area contributed by atoms with E-state index in [4.69, 9.17) is 15.3 Å². The Kier molecular flexibility index (Phi) is 6.67. The lowest BCUT2D eigenvalue weighted by atomic mass is 10.0. The lowest BCUT2D eigenvalue weighted by Gasteiger charge is -2.34. The van der Waals surface area contributed by atoms with Gasteiger partial charge in [0.05, 0.1) is 30.8 Å². The summed E-state index contributed by atoms with van der Waals surface area (Å²) in [7, 11) is 4.07. The number of ether oxygens (including phenoxy) is 1. The molecule has 0 N–H and O–H groups in total.